The van der Waals surface area contributed by atoms with Gasteiger partial charge in [0.25, 0.3) is 0 Å². The first-order chi connectivity index (χ1) is 15.9. The van der Waals surface area contributed by atoms with Crippen LogP contribution in [0.2, 0.25) is 0 Å². The van der Waals surface area contributed by atoms with E-state index in [2.05, 4.69) is 6.92 Å². The molecule has 0 aromatic heterocycles. The van der Waals surface area contributed by atoms with Crippen molar-refractivity contribution in [2.45, 2.75) is 84.5 Å². The zero-order valence-corrected chi connectivity index (χ0v) is 20.0. The molecule has 4 aliphatic carbocycles. The molecule has 0 aliphatic heterocycles. The molecule has 5 heteroatoms. The lowest BCUT2D eigenvalue weighted by atomic mass is 9.73. The van der Waals surface area contributed by atoms with E-state index in [1.165, 1.54) is 0 Å². The maximum absolute atomic E-state index is 14.8. The van der Waals surface area contributed by atoms with Crippen LogP contribution < -0.4 is 0 Å². The first kappa shape index (κ1) is 24.6. The summed E-state index contributed by atoms with van der Waals surface area (Å²) < 4.78 is 64.1. The van der Waals surface area contributed by atoms with E-state index >= 15 is 0 Å². The maximum Gasteiger partial charge on any atom is 0.196 e. The van der Waals surface area contributed by atoms with Crippen LogP contribution in [-0.2, 0) is 4.74 Å². The van der Waals surface area contributed by atoms with Gasteiger partial charge in [0.05, 0.1) is 6.61 Å². The van der Waals surface area contributed by atoms with Crippen LogP contribution in [-0.4, -0.2) is 6.61 Å². The van der Waals surface area contributed by atoms with Gasteiger partial charge in [-0.15, -0.1) is 0 Å². The SMILES string of the molecule is CCC1=CCC(C2CCC(COC3=CCC(C4CCC(C)CC4)C(F)=C3F)CC2)C(F)=C1F. The van der Waals surface area contributed by atoms with Gasteiger partial charge in [0, 0.05) is 11.8 Å². The Kier molecular flexibility index (Phi) is 8.07. The van der Waals surface area contributed by atoms with E-state index < -0.39 is 23.3 Å². The summed E-state index contributed by atoms with van der Waals surface area (Å²) in [6.07, 6.45) is 12.6. The number of ether oxygens (including phenoxy) is 1. The molecule has 4 rings (SSSR count). The number of hydrogen-bond donors (Lipinski definition) is 0. The number of hydrogen-bond acceptors (Lipinski definition) is 1. The van der Waals surface area contributed by atoms with Crippen molar-refractivity contribution in [2.75, 3.05) is 6.61 Å². The smallest absolute Gasteiger partial charge is 0.196 e. The maximum atomic E-state index is 14.8. The summed E-state index contributed by atoms with van der Waals surface area (Å²) in [4.78, 5) is 0. The molecule has 0 heterocycles. The molecule has 0 N–H and O–H groups in total. The van der Waals surface area contributed by atoms with Crippen LogP contribution in [0.5, 0.6) is 0 Å². The normalized spacial score (nSPS) is 35.9. The van der Waals surface area contributed by atoms with Gasteiger partial charge in [0.15, 0.2) is 17.4 Å². The number of rotatable bonds is 6. The van der Waals surface area contributed by atoms with Crippen molar-refractivity contribution in [3.8, 4) is 0 Å². The Morgan fingerprint density at radius 1 is 0.758 bits per heavy atom. The molecule has 0 radical (unpaired) electrons. The molecule has 0 aromatic carbocycles. The second-order valence-corrected chi connectivity index (χ2v) is 10.8. The molecule has 0 saturated heterocycles. The zero-order chi connectivity index (χ0) is 23.5. The average Bonchev–Trinajstić information content (AvgIpc) is 2.83. The first-order valence-electron chi connectivity index (χ1n) is 13.0. The Morgan fingerprint density at radius 3 is 1.91 bits per heavy atom. The van der Waals surface area contributed by atoms with E-state index in [1.807, 2.05) is 13.0 Å². The van der Waals surface area contributed by atoms with Crippen molar-refractivity contribution >= 4 is 0 Å². The summed E-state index contributed by atoms with van der Waals surface area (Å²) in [6.45, 7) is 4.41. The van der Waals surface area contributed by atoms with Gasteiger partial charge in [-0.25, -0.2) is 17.6 Å². The summed E-state index contributed by atoms with van der Waals surface area (Å²) in [5.41, 5.74) is 0.481. The molecule has 0 spiro atoms. The van der Waals surface area contributed by atoms with E-state index in [0.29, 0.717) is 37.4 Å². The standard InChI is InChI=1S/C28H38F4O/c1-3-19-12-13-22(26(30)25(19)29)21-10-6-18(7-11-21)16-33-24-15-14-23(27(31)28(24)32)20-8-4-17(2)5-9-20/h12,15,17-18,20-23H,3-11,13-14,16H2,1-2H3. The summed E-state index contributed by atoms with van der Waals surface area (Å²) in [5, 5.41) is 0. The molecule has 4 aliphatic rings. The van der Waals surface area contributed by atoms with Crippen LogP contribution in [0.3, 0.4) is 0 Å². The molecule has 2 fully saturated rings. The van der Waals surface area contributed by atoms with Crippen molar-refractivity contribution in [1.82, 2.24) is 0 Å². The predicted molar refractivity (Wildman–Crippen MR) is 124 cm³/mol. The number of halogens is 4. The monoisotopic (exact) mass is 466 g/mol. The van der Waals surface area contributed by atoms with Gasteiger partial charge in [0.1, 0.15) is 11.7 Å². The van der Waals surface area contributed by atoms with Gasteiger partial charge >= 0.3 is 0 Å². The van der Waals surface area contributed by atoms with Crippen molar-refractivity contribution in [3.63, 3.8) is 0 Å². The molecule has 2 atom stereocenters. The predicted octanol–water partition coefficient (Wildman–Crippen LogP) is 9.20. The third kappa shape index (κ3) is 5.43. The topological polar surface area (TPSA) is 9.23 Å². The van der Waals surface area contributed by atoms with Crippen LogP contribution >= 0.6 is 0 Å². The molecule has 0 amide bonds. The van der Waals surface area contributed by atoms with Gasteiger partial charge in [-0.3, -0.25) is 0 Å². The summed E-state index contributed by atoms with van der Waals surface area (Å²) >= 11 is 0. The molecule has 0 aromatic rings. The Hall–Kier alpha value is -1.52. The highest BCUT2D eigenvalue weighted by molar-refractivity contribution is 5.33. The van der Waals surface area contributed by atoms with E-state index in [0.717, 1.165) is 51.4 Å². The minimum absolute atomic E-state index is 0.0515. The van der Waals surface area contributed by atoms with Crippen LogP contribution in [0.15, 0.2) is 46.8 Å². The molecule has 33 heavy (non-hydrogen) atoms. The highest BCUT2D eigenvalue weighted by Crippen LogP contribution is 2.45. The minimum Gasteiger partial charge on any atom is -0.490 e. The average molecular weight is 467 g/mol. The largest absolute Gasteiger partial charge is 0.490 e. The first-order valence-corrected chi connectivity index (χ1v) is 13.0. The molecule has 184 valence electrons. The fraction of sp³-hybridized carbons (Fsp3) is 0.714. The molecule has 2 saturated carbocycles. The van der Waals surface area contributed by atoms with Crippen molar-refractivity contribution in [1.29, 1.82) is 0 Å². The molecule has 1 nitrogen and oxygen atoms in total. The summed E-state index contributed by atoms with van der Waals surface area (Å²) in [7, 11) is 0. The summed E-state index contributed by atoms with van der Waals surface area (Å²) in [6, 6.07) is 0. The van der Waals surface area contributed by atoms with Crippen LogP contribution in [0, 0.1) is 35.5 Å². The van der Waals surface area contributed by atoms with Crippen molar-refractivity contribution < 1.29 is 22.3 Å². The van der Waals surface area contributed by atoms with Crippen molar-refractivity contribution in [3.05, 3.63) is 46.8 Å². The second kappa shape index (κ2) is 10.8. The van der Waals surface area contributed by atoms with Gasteiger partial charge in [-0.1, -0.05) is 32.8 Å². The van der Waals surface area contributed by atoms with Gasteiger partial charge in [-0.2, -0.15) is 0 Å². The Labute approximate surface area is 196 Å². The lowest BCUT2D eigenvalue weighted by molar-refractivity contribution is 0.108. The van der Waals surface area contributed by atoms with E-state index in [1.54, 1.807) is 6.08 Å². The van der Waals surface area contributed by atoms with Gasteiger partial charge < -0.3 is 4.74 Å². The van der Waals surface area contributed by atoms with Gasteiger partial charge in [-0.05, 0) is 93.1 Å². The molecule has 2 unspecified atom stereocenters. The minimum atomic E-state index is -0.818. The lowest BCUT2D eigenvalue weighted by Gasteiger charge is -2.35. The highest BCUT2D eigenvalue weighted by atomic mass is 19.2. The Balaban J connectivity index is 1.25. The van der Waals surface area contributed by atoms with Crippen LogP contribution in [0.25, 0.3) is 0 Å². The van der Waals surface area contributed by atoms with E-state index in [-0.39, 0.29) is 35.3 Å². The lowest BCUT2D eigenvalue weighted by Crippen LogP contribution is -2.26. The number of allylic oxidation sites excluding steroid dienone is 7. The Bertz CT molecular complexity index is 823. The fourth-order valence-corrected chi connectivity index (χ4v) is 6.36. The third-order valence-electron chi connectivity index (χ3n) is 8.69. The van der Waals surface area contributed by atoms with Gasteiger partial charge in [0.2, 0.25) is 0 Å². The third-order valence-corrected chi connectivity index (χ3v) is 8.69. The van der Waals surface area contributed by atoms with Crippen LogP contribution in [0.4, 0.5) is 17.6 Å². The van der Waals surface area contributed by atoms with E-state index in [4.69, 9.17) is 4.74 Å². The molecule has 0 bridgehead atoms. The highest BCUT2D eigenvalue weighted by Gasteiger charge is 2.36. The summed E-state index contributed by atoms with van der Waals surface area (Å²) in [5.74, 6) is -2.07. The van der Waals surface area contributed by atoms with E-state index in [9.17, 15) is 17.6 Å². The Morgan fingerprint density at radius 2 is 1.30 bits per heavy atom. The second-order valence-electron chi connectivity index (χ2n) is 10.8. The quantitative estimate of drug-likeness (QED) is 0.355. The molecular formula is C28H38F4O. The van der Waals surface area contributed by atoms with Crippen LogP contribution in [0.1, 0.15) is 84.5 Å². The van der Waals surface area contributed by atoms with Crippen molar-refractivity contribution in [2.24, 2.45) is 35.5 Å². The zero-order valence-electron chi connectivity index (χ0n) is 20.0. The molecular weight excluding hydrogens is 428 g/mol. The fourth-order valence-electron chi connectivity index (χ4n) is 6.36.